The van der Waals surface area contributed by atoms with Crippen molar-refractivity contribution < 1.29 is 44.7 Å². The van der Waals surface area contributed by atoms with Crippen LogP contribution in [0.4, 0.5) is 0 Å². The first-order valence-electron chi connectivity index (χ1n) is 9.02. The first-order valence-corrected chi connectivity index (χ1v) is 9.02. The number of phenols is 3. The summed E-state index contributed by atoms with van der Waals surface area (Å²) in [6.07, 6.45) is -2.79. The van der Waals surface area contributed by atoms with Crippen LogP contribution in [0.5, 0.6) is 17.2 Å². The van der Waals surface area contributed by atoms with Gasteiger partial charge in [-0.1, -0.05) is 6.07 Å². The molecule has 3 aromatic carbocycles. The second-order valence-electron chi connectivity index (χ2n) is 6.92. The van der Waals surface area contributed by atoms with E-state index in [9.17, 15) is 29.7 Å². The number of aliphatic carboxylic acids is 2. The average molecular weight is 426 g/mol. The molecule has 0 saturated heterocycles. The summed E-state index contributed by atoms with van der Waals surface area (Å²) < 4.78 is 4.87. The van der Waals surface area contributed by atoms with Gasteiger partial charge in [0, 0.05) is 0 Å². The lowest BCUT2D eigenvalue weighted by Crippen LogP contribution is -2.29. The van der Waals surface area contributed by atoms with Crippen molar-refractivity contribution in [3.8, 4) is 28.4 Å². The summed E-state index contributed by atoms with van der Waals surface area (Å²) in [5, 5.41) is 48.5. The van der Waals surface area contributed by atoms with Crippen LogP contribution in [-0.2, 0) is 14.3 Å². The number of carboxylic acids is 2. The number of hydrogen-bond acceptors (Lipinski definition) is 7. The van der Waals surface area contributed by atoms with Crippen LogP contribution in [0.1, 0.15) is 22.3 Å². The Morgan fingerprint density at radius 3 is 2.23 bits per heavy atom. The van der Waals surface area contributed by atoms with Crippen LogP contribution in [0.15, 0.2) is 42.5 Å². The first-order chi connectivity index (χ1) is 14.6. The Morgan fingerprint density at radius 1 is 0.903 bits per heavy atom. The molecule has 160 valence electrons. The Bertz CT molecular complexity index is 1210. The zero-order valence-electron chi connectivity index (χ0n) is 16.2. The molecule has 5 N–H and O–H groups in total. The lowest BCUT2D eigenvalue weighted by atomic mass is 9.94. The highest BCUT2D eigenvalue weighted by Crippen LogP contribution is 2.37. The fourth-order valence-electron chi connectivity index (χ4n) is 3.09. The van der Waals surface area contributed by atoms with E-state index in [0.717, 1.165) is 0 Å². The van der Waals surface area contributed by atoms with E-state index in [1.54, 1.807) is 13.0 Å². The van der Waals surface area contributed by atoms with E-state index < -0.39 is 30.4 Å². The molecule has 0 saturated carbocycles. The van der Waals surface area contributed by atoms with Crippen molar-refractivity contribution in [2.45, 2.75) is 19.4 Å². The summed E-state index contributed by atoms with van der Waals surface area (Å²) in [4.78, 5) is 34.7. The molecule has 0 radical (unpaired) electrons. The highest BCUT2D eigenvalue weighted by molar-refractivity contribution is 6.04. The topological polar surface area (TPSA) is 162 Å². The number of aryl methyl sites for hydroxylation is 1. The molecule has 0 aliphatic rings. The van der Waals surface area contributed by atoms with Crippen molar-refractivity contribution >= 4 is 28.7 Å². The number of carboxylic acid groups (broad SMARTS) is 2. The van der Waals surface area contributed by atoms with Crippen molar-refractivity contribution in [2.75, 3.05) is 0 Å². The maximum Gasteiger partial charge on any atom is 0.345 e. The lowest BCUT2D eigenvalue weighted by molar-refractivity contribution is -0.153. The van der Waals surface area contributed by atoms with Gasteiger partial charge in [-0.25, -0.2) is 9.59 Å². The van der Waals surface area contributed by atoms with Gasteiger partial charge in [-0.3, -0.25) is 4.79 Å². The maximum absolute atomic E-state index is 12.6. The van der Waals surface area contributed by atoms with Gasteiger partial charge in [-0.05, 0) is 70.8 Å². The third-order valence-corrected chi connectivity index (χ3v) is 4.68. The minimum Gasteiger partial charge on any atom is -0.508 e. The summed E-state index contributed by atoms with van der Waals surface area (Å²) in [5.74, 6) is -4.88. The van der Waals surface area contributed by atoms with E-state index in [2.05, 4.69) is 0 Å². The standard InChI is InChI=1S/C22H18O9/c1-10-4-14-12(8-17(10)24)5-13(22(30)31-19(21(28)29)9-20(26)27)6-15(14)11-2-3-16(23)18(25)7-11/h2-8,19,23-25H,9H2,1H3,(H,26,27)(H,28,29). The molecule has 1 atom stereocenters. The fraction of sp³-hybridized carbons (Fsp3) is 0.136. The summed E-state index contributed by atoms with van der Waals surface area (Å²) in [6.45, 7) is 1.68. The molecule has 0 heterocycles. The fourth-order valence-corrected chi connectivity index (χ4v) is 3.09. The molecule has 0 fully saturated rings. The van der Waals surface area contributed by atoms with Gasteiger partial charge >= 0.3 is 17.9 Å². The quantitative estimate of drug-likeness (QED) is 0.295. The first kappa shape index (κ1) is 21.4. The minimum atomic E-state index is -1.88. The SMILES string of the molecule is Cc1cc2c(-c3ccc(O)c(O)c3)cc(C(=O)OC(CC(=O)O)C(=O)O)cc2cc1O. The molecule has 3 rings (SSSR count). The smallest absolute Gasteiger partial charge is 0.345 e. The van der Waals surface area contributed by atoms with Gasteiger partial charge in [0.1, 0.15) is 5.75 Å². The maximum atomic E-state index is 12.6. The number of ether oxygens (including phenoxy) is 1. The second-order valence-corrected chi connectivity index (χ2v) is 6.92. The van der Waals surface area contributed by atoms with Gasteiger partial charge in [0.25, 0.3) is 0 Å². The molecular formula is C22H18O9. The molecule has 9 heteroatoms. The van der Waals surface area contributed by atoms with Crippen molar-refractivity contribution in [3.63, 3.8) is 0 Å². The Hall–Kier alpha value is -4.27. The van der Waals surface area contributed by atoms with Gasteiger partial charge in [-0.15, -0.1) is 0 Å². The van der Waals surface area contributed by atoms with Crippen LogP contribution in [-0.4, -0.2) is 49.5 Å². The molecule has 0 amide bonds. The number of benzene rings is 3. The average Bonchev–Trinajstić information content (AvgIpc) is 2.69. The molecule has 0 aromatic heterocycles. The zero-order chi connectivity index (χ0) is 22.9. The number of carbonyl (C=O) groups is 3. The van der Waals surface area contributed by atoms with Crippen molar-refractivity contribution in [3.05, 3.63) is 53.6 Å². The largest absolute Gasteiger partial charge is 0.508 e. The molecule has 0 aliphatic carbocycles. The van der Waals surface area contributed by atoms with Crippen LogP contribution in [0, 0.1) is 6.92 Å². The molecule has 0 spiro atoms. The molecular weight excluding hydrogens is 408 g/mol. The number of phenolic OH excluding ortho intramolecular Hbond substituents is 3. The number of esters is 1. The predicted molar refractivity (Wildman–Crippen MR) is 108 cm³/mol. The molecule has 3 aromatic rings. The number of aromatic hydroxyl groups is 3. The zero-order valence-corrected chi connectivity index (χ0v) is 16.2. The normalized spacial score (nSPS) is 11.8. The van der Waals surface area contributed by atoms with Gasteiger partial charge < -0.3 is 30.3 Å². The minimum absolute atomic E-state index is 0.0354. The molecule has 0 aliphatic heterocycles. The molecule has 31 heavy (non-hydrogen) atoms. The summed E-state index contributed by atoms with van der Waals surface area (Å²) in [7, 11) is 0. The van der Waals surface area contributed by atoms with Crippen LogP contribution < -0.4 is 0 Å². The van der Waals surface area contributed by atoms with Crippen LogP contribution in [0.2, 0.25) is 0 Å². The van der Waals surface area contributed by atoms with E-state index in [4.69, 9.17) is 14.9 Å². The Kier molecular flexibility index (Phi) is 5.69. The van der Waals surface area contributed by atoms with Crippen molar-refractivity contribution in [1.29, 1.82) is 0 Å². The number of hydrogen-bond donors (Lipinski definition) is 5. The van der Waals surface area contributed by atoms with Gasteiger partial charge in [0.05, 0.1) is 12.0 Å². The monoisotopic (exact) mass is 426 g/mol. The lowest BCUT2D eigenvalue weighted by Gasteiger charge is -2.15. The van der Waals surface area contributed by atoms with Crippen molar-refractivity contribution in [1.82, 2.24) is 0 Å². The van der Waals surface area contributed by atoms with Crippen molar-refractivity contribution in [2.24, 2.45) is 0 Å². The predicted octanol–water partition coefficient (Wildman–Crippen LogP) is 3.02. The Labute approximate surface area is 175 Å². The van der Waals surface area contributed by atoms with Gasteiger partial charge in [0.2, 0.25) is 6.10 Å². The molecule has 0 bridgehead atoms. The second kappa shape index (κ2) is 8.23. The Balaban J connectivity index is 2.15. The number of carbonyl (C=O) groups excluding carboxylic acids is 1. The third-order valence-electron chi connectivity index (χ3n) is 4.68. The van der Waals surface area contributed by atoms with Gasteiger partial charge in [0.15, 0.2) is 11.5 Å². The third kappa shape index (κ3) is 4.50. The van der Waals surface area contributed by atoms with E-state index >= 15 is 0 Å². The Morgan fingerprint density at radius 2 is 1.61 bits per heavy atom. The molecule has 1 unspecified atom stereocenters. The van der Waals surface area contributed by atoms with E-state index in [1.807, 2.05) is 0 Å². The summed E-state index contributed by atoms with van der Waals surface area (Å²) >= 11 is 0. The van der Waals surface area contributed by atoms with E-state index in [1.165, 1.54) is 36.4 Å². The number of fused-ring (bicyclic) bond motifs is 1. The highest BCUT2D eigenvalue weighted by atomic mass is 16.6. The number of rotatable bonds is 6. The van der Waals surface area contributed by atoms with Crippen LogP contribution >= 0.6 is 0 Å². The van der Waals surface area contributed by atoms with Gasteiger partial charge in [-0.2, -0.15) is 0 Å². The summed E-state index contributed by atoms with van der Waals surface area (Å²) in [5.41, 5.74) is 1.34. The van der Waals surface area contributed by atoms with Crippen LogP contribution in [0.25, 0.3) is 21.9 Å². The summed E-state index contributed by atoms with van der Waals surface area (Å²) in [6, 6.07) is 9.91. The van der Waals surface area contributed by atoms with E-state index in [0.29, 0.717) is 27.5 Å². The van der Waals surface area contributed by atoms with E-state index in [-0.39, 0.29) is 22.8 Å². The molecule has 9 nitrogen and oxygen atoms in total. The van der Waals surface area contributed by atoms with Crippen LogP contribution in [0.3, 0.4) is 0 Å². The highest BCUT2D eigenvalue weighted by Gasteiger charge is 2.26.